The number of aliphatic hydroxyl groups excluding tert-OH is 2. The smallest absolute Gasteiger partial charge is 0.133 e. The topological polar surface area (TPSA) is 97.7 Å². The standard InChI is InChI=1S/C16H28N2O3S.C7H16N2O.C4H6.C3H6.C2H6.CH4O/c1-4-18(11-8-12-19)13-16(14-22(20)17(2)3)21-15-9-6-5-7-10-15;1-8-2-3-9-4-6-10-7-5-9;1-3-4-2;1-3-2;2*1-2/h5-6,9,13,19H,4,7-8,10-12,14H2,1-3H3;8H,2-7H2,1H3;3-4H,1-2H2;3H,1H2,2H3;1-2H3;2H,1H3/b16-13-;;;;;. The maximum atomic E-state index is 12.1. The molecule has 0 radical (unpaired) electrons. The first-order chi connectivity index (χ1) is 20.8. The maximum absolute atomic E-state index is 12.1. The number of hydrogen-bond donors (Lipinski definition) is 3. The second kappa shape index (κ2) is 40.0. The van der Waals surface area contributed by atoms with Crippen molar-refractivity contribution in [2.45, 2.75) is 47.0 Å². The number of likely N-dealkylation sites (N-methyl/N-ethyl adjacent to an activating group) is 1. The highest BCUT2D eigenvalue weighted by molar-refractivity contribution is 7.82. The van der Waals surface area contributed by atoms with Crippen LogP contribution in [0.5, 0.6) is 0 Å². The lowest BCUT2D eigenvalue weighted by Gasteiger charge is -2.26. The van der Waals surface area contributed by atoms with Crippen LogP contribution in [0.15, 0.2) is 73.9 Å². The molecule has 3 N–H and O–H groups in total. The van der Waals surface area contributed by atoms with Crippen molar-refractivity contribution in [3.63, 3.8) is 0 Å². The molecule has 1 atom stereocenters. The number of aliphatic hydroxyl groups is 2. The molecule has 0 aromatic rings. The maximum Gasteiger partial charge on any atom is 0.133 e. The zero-order valence-corrected chi connectivity index (χ0v) is 29.5. The van der Waals surface area contributed by atoms with Gasteiger partial charge >= 0.3 is 0 Å². The van der Waals surface area contributed by atoms with E-state index in [0.29, 0.717) is 17.9 Å². The molecule has 0 aromatic carbocycles. The summed E-state index contributed by atoms with van der Waals surface area (Å²) in [5, 5.41) is 19.1. The third-order valence-electron chi connectivity index (χ3n) is 5.20. The Labute approximate surface area is 267 Å². The van der Waals surface area contributed by atoms with Gasteiger partial charge in [-0.1, -0.05) is 57.4 Å². The minimum atomic E-state index is -1.11. The summed E-state index contributed by atoms with van der Waals surface area (Å²) < 4.78 is 25.0. The molecule has 2 aliphatic rings. The fourth-order valence-electron chi connectivity index (χ4n) is 3.06. The number of hydrogen-bond acceptors (Lipinski definition) is 8. The fourth-order valence-corrected chi connectivity index (χ4v) is 3.70. The van der Waals surface area contributed by atoms with Crippen LogP contribution in [0.2, 0.25) is 0 Å². The number of rotatable bonds is 14. The summed E-state index contributed by atoms with van der Waals surface area (Å²) in [5.74, 6) is 1.96. The molecule has 0 bridgehead atoms. The Kier molecular flexibility index (Phi) is 44.5. The molecule has 0 aromatic heterocycles. The molecule has 0 spiro atoms. The van der Waals surface area contributed by atoms with Crippen molar-refractivity contribution in [3.8, 4) is 0 Å². The van der Waals surface area contributed by atoms with E-state index in [9.17, 15) is 4.21 Å². The molecule has 0 amide bonds. The van der Waals surface area contributed by atoms with Crippen LogP contribution in [0, 0.1) is 0 Å². The van der Waals surface area contributed by atoms with Gasteiger partial charge in [0.25, 0.3) is 0 Å². The van der Waals surface area contributed by atoms with Gasteiger partial charge in [-0.05, 0) is 53.9 Å². The largest absolute Gasteiger partial charge is 0.464 e. The Morgan fingerprint density at radius 1 is 1.19 bits per heavy atom. The van der Waals surface area contributed by atoms with E-state index in [-0.39, 0.29) is 6.61 Å². The lowest BCUT2D eigenvalue weighted by molar-refractivity contribution is 0.0386. The first kappa shape index (κ1) is 47.9. The molecule has 1 aliphatic carbocycles. The number of nitrogens with one attached hydrogen (secondary N) is 1. The van der Waals surface area contributed by atoms with Gasteiger partial charge in [-0.3, -0.25) is 4.90 Å². The molecule has 1 fully saturated rings. The normalized spacial score (nSPS) is 14.5. The second-order valence-corrected chi connectivity index (χ2v) is 10.4. The predicted octanol–water partition coefficient (Wildman–Crippen LogP) is 4.73. The van der Waals surface area contributed by atoms with E-state index in [1.807, 2.05) is 46.2 Å². The van der Waals surface area contributed by atoms with E-state index < -0.39 is 11.0 Å². The molecule has 1 heterocycles. The van der Waals surface area contributed by atoms with Gasteiger partial charge in [0.15, 0.2) is 0 Å². The quantitative estimate of drug-likeness (QED) is 0.144. The molecular weight excluding hydrogens is 564 g/mol. The van der Waals surface area contributed by atoms with Crippen molar-refractivity contribution in [1.29, 1.82) is 0 Å². The monoisotopic (exact) mass is 630 g/mol. The van der Waals surface area contributed by atoms with Crippen LogP contribution in [0.3, 0.4) is 0 Å². The summed E-state index contributed by atoms with van der Waals surface area (Å²) in [6.45, 7) is 26.0. The van der Waals surface area contributed by atoms with E-state index >= 15 is 0 Å². The first-order valence-corrected chi connectivity index (χ1v) is 16.5. The first-order valence-electron chi connectivity index (χ1n) is 15.2. The van der Waals surface area contributed by atoms with Crippen molar-refractivity contribution < 1.29 is 23.9 Å². The van der Waals surface area contributed by atoms with Gasteiger partial charge in [-0.15, -0.1) is 6.58 Å². The molecule has 2 rings (SSSR count). The van der Waals surface area contributed by atoms with Crippen LogP contribution in [0.25, 0.3) is 0 Å². The zero-order valence-electron chi connectivity index (χ0n) is 28.7. The molecule has 254 valence electrons. The average molecular weight is 631 g/mol. The third kappa shape index (κ3) is 34.3. The Morgan fingerprint density at radius 3 is 2.19 bits per heavy atom. The van der Waals surface area contributed by atoms with Crippen molar-refractivity contribution in [2.24, 2.45) is 0 Å². The summed E-state index contributed by atoms with van der Waals surface area (Å²) in [6.07, 6.45) is 15.6. The summed E-state index contributed by atoms with van der Waals surface area (Å²) >= 11 is 0. The molecule has 1 unspecified atom stereocenters. The SMILES string of the molecule is C=CC.C=CC=C.CC.CCN(/C=C(/CS(=O)N(C)C)OC1=CC=CCC1)CCCO.CNCCN1CCOCC1.CO. The van der Waals surface area contributed by atoms with Crippen LogP contribution in [-0.2, 0) is 20.5 Å². The highest BCUT2D eigenvalue weighted by Crippen LogP contribution is 2.18. The van der Waals surface area contributed by atoms with Crippen molar-refractivity contribution >= 4 is 11.0 Å². The summed E-state index contributed by atoms with van der Waals surface area (Å²) in [6, 6.07) is 0. The van der Waals surface area contributed by atoms with Gasteiger partial charge in [0, 0.05) is 65.6 Å². The van der Waals surface area contributed by atoms with Gasteiger partial charge in [-0.25, -0.2) is 8.51 Å². The number of morpholine rings is 1. The molecule has 1 aliphatic heterocycles. The molecule has 10 heteroatoms. The molecule has 43 heavy (non-hydrogen) atoms. The number of nitrogens with zero attached hydrogens (tertiary/aromatic N) is 3. The van der Waals surface area contributed by atoms with Crippen LogP contribution < -0.4 is 5.32 Å². The minimum Gasteiger partial charge on any atom is -0.464 e. The van der Waals surface area contributed by atoms with Crippen LogP contribution in [0.1, 0.15) is 47.0 Å². The van der Waals surface area contributed by atoms with Crippen LogP contribution in [-0.4, -0.2) is 122 Å². The highest BCUT2D eigenvalue weighted by Gasteiger charge is 2.13. The van der Waals surface area contributed by atoms with Gasteiger partial charge in [0.05, 0.1) is 19.0 Å². The average Bonchev–Trinajstić information content (AvgIpc) is 3.05. The summed E-state index contributed by atoms with van der Waals surface area (Å²) in [4.78, 5) is 4.50. The van der Waals surface area contributed by atoms with Gasteiger partial charge in [-0.2, -0.15) is 0 Å². The van der Waals surface area contributed by atoms with Gasteiger partial charge in [0.1, 0.15) is 22.5 Å². The third-order valence-corrected chi connectivity index (χ3v) is 6.54. The van der Waals surface area contributed by atoms with Gasteiger partial charge in [0.2, 0.25) is 0 Å². The number of ether oxygens (including phenoxy) is 2. The van der Waals surface area contributed by atoms with E-state index in [0.717, 1.165) is 78.2 Å². The molecule has 1 saturated heterocycles. The van der Waals surface area contributed by atoms with Crippen molar-refractivity contribution in [1.82, 2.24) is 19.4 Å². The predicted molar refractivity (Wildman–Crippen MR) is 188 cm³/mol. The Hall–Kier alpha value is -2.05. The van der Waals surface area contributed by atoms with E-state index in [4.69, 9.17) is 19.7 Å². The highest BCUT2D eigenvalue weighted by atomic mass is 32.2. The fraction of sp³-hybridized carbons (Fsp3) is 0.636. The van der Waals surface area contributed by atoms with E-state index in [1.165, 1.54) is 0 Å². The summed E-state index contributed by atoms with van der Waals surface area (Å²) in [7, 11) is 5.46. The van der Waals surface area contributed by atoms with E-state index in [1.54, 1.807) is 36.6 Å². The number of allylic oxidation sites excluding steroid dienone is 7. The Bertz CT molecular complexity index is 731. The minimum absolute atomic E-state index is 0.167. The Morgan fingerprint density at radius 2 is 1.77 bits per heavy atom. The summed E-state index contributed by atoms with van der Waals surface area (Å²) in [5.41, 5.74) is 0. The zero-order chi connectivity index (χ0) is 33.7. The van der Waals surface area contributed by atoms with Crippen LogP contribution >= 0.6 is 0 Å². The lowest BCUT2D eigenvalue weighted by Crippen LogP contribution is -2.39. The Balaban J connectivity index is -0.000000298. The van der Waals surface area contributed by atoms with E-state index in [2.05, 4.69) is 47.9 Å². The van der Waals surface area contributed by atoms with Crippen molar-refractivity contribution in [2.75, 3.05) is 93.1 Å². The van der Waals surface area contributed by atoms with Crippen molar-refractivity contribution in [3.05, 3.63) is 73.9 Å². The van der Waals surface area contributed by atoms with Gasteiger partial charge < -0.3 is 29.9 Å². The molecular formula is C33H66N4O5S. The molecule has 9 nitrogen and oxygen atoms in total. The second-order valence-electron chi connectivity index (χ2n) is 8.72. The lowest BCUT2D eigenvalue weighted by atomic mass is 10.2. The van der Waals surface area contributed by atoms with Crippen LogP contribution in [0.4, 0.5) is 0 Å². The molecule has 0 saturated carbocycles.